The minimum atomic E-state index is -0.678. The van der Waals surface area contributed by atoms with Crippen molar-refractivity contribution in [2.75, 3.05) is 14.1 Å². The van der Waals surface area contributed by atoms with E-state index in [1.165, 1.54) is 0 Å². The molecule has 0 saturated heterocycles. The van der Waals surface area contributed by atoms with Crippen molar-refractivity contribution in [1.82, 2.24) is 15.5 Å². The molecule has 31 heavy (non-hydrogen) atoms. The second-order valence-corrected chi connectivity index (χ2v) is 9.00. The number of aromatic nitrogens is 1. The molecule has 8 heteroatoms. The molecule has 1 amide bonds. The number of hydrogen-bond acceptors (Lipinski definition) is 6. The van der Waals surface area contributed by atoms with E-state index in [1.54, 1.807) is 43.5 Å². The normalized spacial score (nSPS) is 22.4. The number of allylic oxidation sites excluding steroid dienone is 3. The summed E-state index contributed by atoms with van der Waals surface area (Å²) in [6.07, 6.45) is 6.99. The smallest absolute Gasteiger partial charge is 0.325 e. The summed E-state index contributed by atoms with van der Waals surface area (Å²) in [5, 5.41) is 34.8. The van der Waals surface area contributed by atoms with Crippen molar-refractivity contribution in [3.63, 3.8) is 0 Å². The second-order valence-electron chi connectivity index (χ2n) is 9.00. The van der Waals surface area contributed by atoms with Crippen LogP contribution in [0.3, 0.4) is 0 Å². The number of likely N-dealkylation sites (N-methyl/N-ethyl adjacent to an activating group) is 1. The maximum absolute atomic E-state index is 12.8. The van der Waals surface area contributed by atoms with Crippen LogP contribution in [0.2, 0.25) is 0 Å². The lowest BCUT2D eigenvalue weighted by Crippen LogP contribution is -2.48. The summed E-state index contributed by atoms with van der Waals surface area (Å²) in [6, 6.07) is 5.21. The number of aryl methyl sites for hydroxylation is 1. The molecule has 0 radical (unpaired) electrons. The van der Waals surface area contributed by atoms with Gasteiger partial charge in [0.1, 0.15) is 0 Å². The van der Waals surface area contributed by atoms with Gasteiger partial charge in [-0.05, 0) is 50.8 Å². The second kappa shape index (κ2) is 8.55. The fraction of sp³-hybridized carbons (Fsp3) is 0.435. The number of carbonyl (C=O) groups is 1. The van der Waals surface area contributed by atoms with E-state index in [9.17, 15) is 15.1 Å². The van der Waals surface area contributed by atoms with E-state index in [4.69, 9.17) is 5.41 Å². The largest absolute Gasteiger partial charge is 0.390 e. The minimum absolute atomic E-state index is 0.121. The van der Waals surface area contributed by atoms with Crippen LogP contribution in [0.15, 0.2) is 53.5 Å². The van der Waals surface area contributed by atoms with Crippen molar-refractivity contribution in [1.29, 1.82) is 5.41 Å². The van der Waals surface area contributed by atoms with Gasteiger partial charge in [-0.1, -0.05) is 0 Å². The fourth-order valence-corrected chi connectivity index (χ4v) is 3.70. The van der Waals surface area contributed by atoms with E-state index in [-0.39, 0.29) is 17.7 Å². The molecule has 0 aliphatic heterocycles. The van der Waals surface area contributed by atoms with E-state index in [2.05, 4.69) is 10.6 Å². The van der Waals surface area contributed by atoms with Crippen LogP contribution in [0.1, 0.15) is 42.9 Å². The lowest BCUT2D eigenvalue weighted by Gasteiger charge is -2.42. The topological polar surface area (TPSA) is 113 Å². The van der Waals surface area contributed by atoms with Crippen LogP contribution in [-0.4, -0.2) is 52.6 Å². The Morgan fingerprint density at radius 2 is 1.97 bits per heavy atom. The predicted octanol–water partition coefficient (Wildman–Crippen LogP) is 1.64. The first-order chi connectivity index (χ1) is 14.5. The van der Waals surface area contributed by atoms with Gasteiger partial charge in [0.25, 0.3) is 0 Å². The molecule has 1 heterocycles. The zero-order chi connectivity index (χ0) is 22.9. The quantitative estimate of drug-likeness (QED) is 0.351. The summed E-state index contributed by atoms with van der Waals surface area (Å²) in [6.45, 7) is 5.37. The van der Waals surface area contributed by atoms with Crippen LogP contribution in [0.5, 0.6) is 0 Å². The Kier molecular flexibility index (Phi) is 6.22. The number of nitrogens with zero attached hydrogens (tertiary/aromatic N) is 2. The van der Waals surface area contributed by atoms with Gasteiger partial charge in [0.05, 0.1) is 22.7 Å². The highest BCUT2D eigenvalue weighted by Crippen LogP contribution is 2.36. The number of hydrogen-bond donors (Lipinski definition) is 5. The van der Waals surface area contributed by atoms with E-state index in [1.807, 2.05) is 32.8 Å². The minimum Gasteiger partial charge on any atom is -0.390 e. The average Bonchev–Trinajstić information content (AvgIpc) is 2.63. The third kappa shape index (κ3) is 4.96. The van der Waals surface area contributed by atoms with Gasteiger partial charge >= 0.3 is 11.6 Å². The van der Waals surface area contributed by atoms with Crippen molar-refractivity contribution < 1.29 is 19.8 Å². The van der Waals surface area contributed by atoms with E-state index in [0.717, 1.165) is 17.6 Å². The summed E-state index contributed by atoms with van der Waals surface area (Å²) >= 11 is 0. The molecular formula is C23H32N5O3+. The average molecular weight is 427 g/mol. The maximum atomic E-state index is 12.8. The van der Waals surface area contributed by atoms with Gasteiger partial charge in [0.15, 0.2) is 0 Å². The fourth-order valence-electron chi connectivity index (χ4n) is 3.70. The molecule has 1 fully saturated rings. The Morgan fingerprint density at radius 3 is 2.58 bits per heavy atom. The highest BCUT2D eigenvalue weighted by Gasteiger charge is 2.38. The monoisotopic (exact) mass is 426 g/mol. The zero-order valence-corrected chi connectivity index (χ0v) is 18.7. The van der Waals surface area contributed by atoms with Gasteiger partial charge < -0.3 is 26.0 Å². The summed E-state index contributed by atoms with van der Waals surface area (Å²) in [5.74, 6) is -0.183. The molecule has 1 aromatic heterocycles. The van der Waals surface area contributed by atoms with Crippen molar-refractivity contribution in [3.05, 3.63) is 64.9 Å². The molecular weight excluding hydrogens is 394 g/mol. The van der Waals surface area contributed by atoms with E-state index >= 15 is 0 Å². The SMILES string of the molecule is Cc1cccc(C(=O)NC2=C/C(=C/N[C@H]3C[C@H](C(C)(C)O)C3)C(=N)C=C2N(C)C)[n+]1O. The Labute approximate surface area is 183 Å². The van der Waals surface area contributed by atoms with Crippen LogP contribution in [0.25, 0.3) is 0 Å². The van der Waals surface area contributed by atoms with Crippen molar-refractivity contribution in [3.8, 4) is 0 Å². The molecule has 8 nitrogen and oxygen atoms in total. The number of rotatable bonds is 6. The molecule has 0 aromatic carbocycles. The van der Waals surface area contributed by atoms with E-state index < -0.39 is 11.5 Å². The third-order valence-corrected chi connectivity index (χ3v) is 5.90. The standard InChI is InChI=1S/C23H31N5O3/c1-14-7-6-8-20(28(14)31)22(29)26-19-9-15(18(24)12-21(19)27(4)5)13-25-17-10-16(11-17)23(2,3)30/h6-9,12-13,16-17,24,29-31H,10-11H2,1-5H3/p+1/t16-,17-. The first-order valence-corrected chi connectivity index (χ1v) is 10.4. The molecule has 0 unspecified atom stereocenters. The van der Waals surface area contributed by atoms with Crippen LogP contribution < -0.4 is 15.4 Å². The Hall–Kier alpha value is -3.13. The molecule has 5 N–H and O–H groups in total. The number of pyridine rings is 1. The highest BCUT2D eigenvalue weighted by atomic mass is 16.5. The van der Waals surface area contributed by atoms with Crippen molar-refractivity contribution in [2.45, 2.75) is 45.3 Å². The van der Waals surface area contributed by atoms with Gasteiger partial charge in [-0.3, -0.25) is 10.0 Å². The predicted molar refractivity (Wildman–Crippen MR) is 118 cm³/mol. The first-order valence-electron chi connectivity index (χ1n) is 10.4. The van der Waals surface area contributed by atoms with Gasteiger partial charge in [-0.15, -0.1) is 0 Å². The Balaban J connectivity index is 1.78. The number of carbonyl (C=O) groups excluding carboxylic acids is 1. The Bertz CT molecular complexity index is 979. The molecule has 0 bridgehead atoms. The first kappa shape index (κ1) is 22.6. The summed E-state index contributed by atoms with van der Waals surface area (Å²) in [5.41, 5.74) is 2.21. The number of amides is 1. The molecule has 166 valence electrons. The molecule has 3 rings (SSSR count). The van der Waals surface area contributed by atoms with Gasteiger partial charge in [0.2, 0.25) is 5.69 Å². The maximum Gasteiger partial charge on any atom is 0.325 e. The lowest BCUT2D eigenvalue weighted by molar-refractivity contribution is -0.909. The van der Waals surface area contributed by atoms with Crippen LogP contribution in [-0.2, 0) is 0 Å². The summed E-state index contributed by atoms with van der Waals surface area (Å²) in [7, 11) is 3.69. The zero-order valence-electron chi connectivity index (χ0n) is 18.7. The molecule has 2 aliphatic carbocycles. The molecule has 0 spiro atoms. The van der Waals surface area contributed by atoms with Crippen LogP contribution >= 0.6 is 0 Å². The van der Waals surface area contributed by atoms with Crippen molar-refractivity contribution in [2.24, 2.45) is 5.92 Å². The number of aliphatic hydroxyl groups is 1. The van der Waals surface area contributed by atoms with Crippen LogP contribution in [0, 0.1) is 18.3 Å². The summed E-state index contributed by atoms with van der Waals surface area (Å²) < 4.78 is 0.855. The summed E-state index contributed by atoms with van der Waals surface area (Å²) in [4.78, 5) is 14.6. The lowest BCUT2D eigenvalue weighted by atomic mass is 9.71. The van der Waals surface area contributed by atoms with Gasteiger partial charge in [0, 0.05) is 55.7 Å². The highest BCUT2D eigenvalue weighted by molar-refractivity contribution is 6.10. The van der Waals surface area contributed by atoms with Gasteiger partial charge in [-0.2, -0.15) is 0 Å². The molecule has 1 aromatic rings. The molecule has 0 atom stereocenters. The van der Waals surface area contributed by atoms with E-state index in [0.29, 0.717) is 28.4 Å². The Morgan fingerprint density at radius 1 is 1.29 bits per heavy atom. The molecule has 1 saturated carbocycles. The van der Waals surface area contributed by atoms with Crippen LogP contribution in [0.4, 0.5) is 0 Å². The van der Waals surface area contributed by atoms with Crippen molar-refractivity contribution >= 4 is 11.6 Å². The third-order valence-electron chi connectivity index (χ3n) is 5.90. The molecule has 2 aliphatic rings. The van der Waals surface area contributed by atoms with Gasteiger partial charge in [-0.25, -0.2) is 0 Å². The number of nitrogens with one attached hydrogen (secondary N) is 3.